The fraction of sp³-hybridized carbons (Fsp3) is 0.333. The van der Waals surface area contributed by atoms with Crippen molar-refractivity contribution in [2.75, 3.05) is 6.61 Å². The van der Waals surface area contributed by atoms with Crippen LogP contribution in [0.25, 0.3) is 0 Å². The number of rotatable bonds is 2. The van der Waals surface area contributed by atoms with Crippen molar-refractivity contribution in [3.63, 3.8) is 0 Å². The second-order valence-corrected chi connectivity index (χ2v) is 2.87. The SMILES string of the molecule is [B]1CCON1Cc1ccccc1. The molecule has 3 heteroatoms. The molecule has 0 atom stereocenters. The van der Waals surface area contributed by atoms with Crippen molar-refractivity contribution >= 4 is 7.41 Å². The fourth-order valence-corrected chi connectivity index (χ4v) is 1.29. The van der Waals surface area contributed by atoms with E-state index >= 15 is 0 Å². The Bertz CT molecular complexity index is 234. The van der Waals surface area contributed by atoms with E-state index in [9.17, 15) is 0 Å². The molecule has 12 heavy (non-hydrogen) atoms. The van der Waals surface area contributed by atoms with Gasteiger partial charge in [-0.3, -0.25) is 0 Å². The third kappa shape index (κ3) is 1.87. The van der Waals surface area contributed by atoms with Gasteiger partial charge in [0.25, 0.3) is 0 Å². The molecule has 1 aliphatic heterocycles. The maximum atomic E-state index is 5.33. The van der Waals surface area contributed by atoms with Crippen LogP contribution in [0.4, 0.5) is 0 Å². The van der Waals surface area contributed by atoms with Gasteiger partial charge in [-0.25, -0.2) is 4.97 Å². The normalized spacial score (nSPS) is 17.7. The van der Waals surface area contributed by atoms with Crippen LogP contribution in [0.5, 0.6) is 0 Å². The van der Waals surface area contributed by atoms with E-state index in [2.05, 4.69) is 19.5 Å². The third-order valence-corrected chi connectivity index (χ3v) is 1.89. The number of hydrogen-bond donors (Lipinski definition) is 0. The average Bonchev–Trinajstić information content (AvgIpc) is 2.59. The van der Waals surface area contributed by atoms with Gasteiger partial charge >= 0.3 is 0 Å². The molecular weight excluding hydrogens is 149 g/mol. The molecule has 0 aromatic heterocycles. The molecule has 1 fully saturated rings. The Labute approximate surface area is 73.4 Å². The van der Waals surface area contributed by atoms with Crippen molar-refractivity contribution in [1.29, 1.82) is 0 Å². The summed E-state index contributed by atoms with van der Waals surface area (Å²) in [6, 6.07) is 10.3. The van der Waals surface area contributed by atoms with Gasteiger partial charge in [-0.1, -0.05) is 30.3 Å². The third-order valence-electron chi connectivity index (χ3n) is 1.89. The van der Waals surface area contributed by atoms with Crippen molar-refractivity contribution in [2.45, 2.75) is 12.9 Å². The standard InChI is InChI=1S/C9H11BNO/c1-2-4-9(5-3-1)8-11-10-6-7-12-11/h1-5H,6-8H2. The van der Waals surface area contributed by atoms with Gasteiger partial charge in [0.05, 0.1) is 6.61 Å². The molecule has 1 aromatic rings. The van der Waals surface area contributed by atoms with Gasteiger partial charge in [0.2, 0.25) is 7.41 Å². The van der Waals surface area contributed by atoms with Crippen LogP contribution < -0.4 is 0 Å². The van der Waals surface area contributed by atoms with E-state index in [-0.39, 0.29) is 0 Å². The molecule has 0 amide bonds. The number of hydroxylamine groups is 1. The first-order valence-electron chi connectivity index (χ1n) is 4.22. The molecule has 1 saturated heterocycles. The molecule has 0 spiro atoms. The zero-order valence-electron chi connectivity index (χ0n) is 6.94. The fourth-order valence-electron chi connectivity index (χ4n) is 1.29. The van der Waals surface area contributed by atoms with Crippen molar-refractivity contribution in [3.8, 4) is 0 Å². The van der Waals surface area contributed by atoms with Crippen LogP contribution in [0.1, 0.15) is 5.56 Å². The highest BCUT2D eigenvalue weighted by molar-refractivity contribution is 6.32. The minimum Gasteiger partial charge on any atom is -0.312 e. The Kier molecular flexibility index (Phi) is 2.44. The van der Waals surface area contributed by atoms with E-state index < -0.39 is 0 Å². The molecule has 2 nitrogen and oxygen atoms in total. The van der Waals surface area contributed by atoms with Gasteiger partial charge in [0, 0.05) is 6.54 Å². The quantitative estimate of drug-likeness (QED) is 0.607. The second kappa shape index (κ2) is 3.74. The molecule has 61 valence electrons. The molecule has 1 radical (unpaired) electrons. The smallest absolute Gasteiger partial charge is 0.249 e. The molecule has 0 N–H and O–H groups in total. The number of hydrogen-bond acceptors (Lipinski definition) is 2. The first-order valence-corrected chi connectivity index (χ1v) is 4.22. The Morgan fingerprint density at radius 1 is 1.33 bits per heavy atom. The lowest BCUT2D eigenvalue weighted by molar-refractivity contribution is -0.0670. The Morgan fingerprint density at radius 2 is 2.17 bits per heavy atom. The number of benzene rings is 1. The zero-order valence-corrected chi connectivity index (χ0v) is 6.94. The molecule has 0 saturated carbocycles. The van der Waals surface area contributed by atoms with Crippen molar-refractivity contribution in [3.05, 3.63) is 35.9 Å². The lowest BCUT2D eigenvalue weighted by Gasteiger charge is -2.13. The summed E-state index contributed by atoms with van der Waals surface area (Å²) in [5.74, 6) is 0. The average molecular weight is 160 g/mol. The van der Waals surface area contributed by atoms with Gasteiger partial charge in [0.1, 0.15) is 0 Å². The van der Waals surface area contributed by atoms with Crippen molar-refractivity contribution < 1.29 is 4.84 Å². The molecule has 1 aliphatic rings. The predicted molar refractivity (Wildman–Crippen MR) is 48.5 cm³/mol. The van der Waals surface area contributed by atoms with Gasteiger partial charge in [-0.05, 0) is 11.9 Å². The largest absolute Gasteiger partial charge is 0.312 e. The van der Waals surface area contributed by atoms with E-state index in [1.54, 1.807) is 0 Å². The maximum absolute atomic E-state index is 5.33. The van der Waals surface area contributed by atoms with Crippen LogP contribution >= 0.6 is 0 Å². The topological polar surface area (TPSA) is 12.5 Å². The summed E-state index contributed by atoms with van der Waals surface area (Å²) in [6.07, 6.45) is 1.03. The van der Waals surface area contributed by atoms with E-state index in [1.165, 1.54) is 5.56 Å². The van der Waals surface area contributed by atoms with E-state index in [0.29, 0.717) is 0 Å². The van der Waals surface area contributed by atoms with E-state index in [4.69, 9.17) is 4.84 Å². The predicted octanol–water partition coefficient (Wildman–Crippen LogP) is 1.47. The van der Waals surface area contributed by atoms with Crippen molar-refractivity contribution in [2.24, 2.45) is 0 Å². The minimum atomic E-state index is 0.826. The van der Waals surface area contributed by atoms with Gasteiger partial charge in [0.15, 0.2) is 0 Å². The maximum Gasteiger partial charge on any atom is 0.249 e. The molecule has 1 aromatic carbocycles. The summed E-state index contributed by atoms with van der Waals surface area (Å²) in [6.45, 7) is 1.69. The summed E-state index contributed by atoms with van der Waals surface area (Å²) in [5.41, 5.74) is 1.29. The zero-order chi connectivity index (χ0) is 8.23. The van der Waals surface area contributed by atoms with Crippen LogP contribution in [-0.2, 0) is 11.4 Å². The molecular formula is C9H11BNO. The van der Waals surface area contributed by atoms with E-state index in [0.717, 1.165) is 19.5 Å². The Balaban J connectivity index is 1.94. The molecule has 0 bridgehead atoms. The summed E-state index contributed by atoms with van der Waals surface area (Å²) in [4.78, 5) is 7.23. The molecule has 1 heterocycles. The van der Waals surface area contributed by atoms with Crippen LogP contribution in [0, 0.1) is 0 Å². The van der Waals surface area contributed by atoms with Gasteiger partial charge < -0.3 is 4.84 Å². The Hall–Kier alpha value is -0.795. The first-order chi connectivity index (χ1) is 5.95. The monoisotopic (exact) mass is 160 g/mol. The van der Waals surface area contributed by atoms with Gasteiger partial charge in [-0.15, -0.1) is 0 Å². The summed E-state index contributed by atoms with van der Waals surface area (Å²) in [5, 5.41) is 0. The van der Waals surface area contributed by atoms with Crippen molar-refractivity contribution in [1.82, 2.24) is 4.97 Å². The van der Waals surface area contributed by atoms with Crippen LogP contribution in [-0.4, -0.2) is 19.0 Å². The lowest BCUT2D eigenvalue weighted by Crippen LogP contribution is -2.19. The molecule has 0 unspecified atom stereocenters. The second-order valence-electron chi connectivity index (χ2n) is 2.87. The summed E-state index contributed by atoms with van der Waals surface area (Å²) < 4.78 is 0. The van der Waals surface area contributed by atoms with Crippen LogP contribution in [0.15, 0.2) is 30.3 Å². The van der Waals surface area contributed by atoms with E-state index in [1.807, 2.05) is 23.2 Å². The lowest BCUT2D eigenvalue weighted by atomic mass is 9.90. The molecule has 0 aliphatic carbocycles. The number of nitrogens with zero attached hydrogens (tertiary/aromatic N) is 1. The summed E-state index contributed by atoms with van der Waals surface area (Å²) >= 11 is 0. The Morgan fingerprint density at radius 3 is 2.83 bits per heavy atom. The highest BCUT2D eigenvalue weighted by atomic mass is 16.7. The summed E-state index contributed by atoms with van der Waals surface area (Å²) in [7, 11) is 2.09. The van der Waals surface area contributed by atoms with Gasteiger partial charge in [-0.2, -0.15) is 0 Å². The van der Waals surface area contributed by atoms with Crippen LogP contribution in [0.3, 0.4) is 0 Å². The highest BCUT2D eigenvalue weighted by Crippen LogP contribution is 2.08. The van der Waals surface area contributed by atoms with Crippen LogP contribution in [0.2, 0.25) is 6.32 Å². The molecule has 2 rings (SSSR count). The minimum absolute atomic E-state index is 0.826. The highest BCUT2D eigenvalue weighted by Gasteiger charge is 2.13. The first kappa shape index (κ1) is 7.83.